The Kier molecular flexibility index (Phi) is 14.4. The second kappa shape index (κ2) is 17.2. The molecule has 0 saturated carbocycles. The van der Waals surface area contributed by atoms with E-state index in [0.717, 1.165) is 16.7 Å². The Hall–Kier alpha value is -3.79. The fourth-order valence-corrected chi connectivity index (χ4v) is 5.43. The maximum absolute atomic E-state index is 14.5. The van der Waals surface area contributed by atoms with Gasteiger partial charge in [-0.25, -0.2) is 9.59 Å². The summed E-state index contributed by atoms with van der Waals surface area (Å²) in [6.45, 7) is 18.1. The van der Waals surface area contributed by atoms with E-state index in [9.17, 15) is 19.2 Å². The maximum Gasteiger partial charge on any atom is 0.408 e. The summed E-state index contributed by atoms with van der Waals surface area (Å²) in [6.07, 6.45) is 3.22. The van der Waals surface area contributed by atoms with Gasteiger partial charge in [-0.3, -0.25) is 9.59 Å². The molecule has 2 N–H and O–H groups in total. The number of carbonyl (C=O) groups is 4. The molecule has 9 nitrogen and oxygen atoms in total. The first-order valence-corrected chi connectivity index (χ1v) is 16.9. The molecule has 252 valence electrons. The number of nitrogens with one attached hydrogen (secondary N) is 2. The molecule has 0 bridgehead atoms. The Morgan fingerprint density at radius 3 is 1.98 bits per heavy atom. The van der Waals surface area contributed by atoms with E-state index in [1.54, 1.807) is 47.6 Å². The summed E-state index contributed by atoms with van der Waals surface area (Å²) in [7, 11) is 0. The van der Waals surface area contributed by atoms with E-state index in [4.69, 9.17) is 9.47 Å². The molecule has 0 aliphatic carbocycles. The lowest BCUT2D eigenvalue weighted by Gasteiger charge is -2.36. The van der Waals surface area contributed by atoms with Gasteiger partial charge in [0, 0.05) is 13.0 Å². The summed E-state index contributed by atoms with van der Waals surface area (Å²) < 4.78 is 11.2. The summed E-state index contributed by atoms with van der Waals surface area (Å²) in [5.74, 6) is -1.04. The Morgan fingerprint density at radius 1 is 0.870 bits per heavy atom. The zero-order valence-corrected chi connectivity index (χ0v) is 29.6. The predicted octanol–water partition coefficient (Wildman–Crippen LogP) is 6.07. The third kappa shape index (κ3) is 12.2. The van der Waals surface area contributed by atoms with Crippen LogP contribution < -0.4 is 10.6 Å². The lowest BCUT2D eigenvalue weighted by atomic mass is 9.93. The Labute approximate surface area is 278 Å². The molecule has 2 aromatic rings. The largest absolute Gasteiger partial charge is 0.458 e. The van der Waals surface area contributed by atoms with E-state index < -0.39 is 53.2 Å². The lowest BCUT2D eigenvalue weighted by Crippen LogP contribution is -2.55. The summed E-state index contributed by atoms with van der Waals surface area (Å²) in [5.41, 5.74) is 1.48. The molecule has 0 aromatic heterocycles. The van der Waals surface area contributed by atoms with Gasteiger partial charge in [-0.15, -0.1) is 6.58 Å². The number of amides is 3. The molecule has 2 rings (SSSR count). The fraction of sp³-hybridized carbons (Fsp3) is 0.500. The van der Waals surface area contributed by atoms with Crippen LogP contribution in [-0.2, 0) is 30.3 Å². The molecular weight excluding hydrogens is 602 g/mol. The van der Waals surface area contributed by atoms with Crippen molar-refractivity contribution in [3.8, 4) is 0 Å². The molecule has 0 heterocycles. The number of aryl methyl sites for hydroxylation is 2. The second-order valence-electron chi connectivity index (χ2n) is 13.3. The van der Waals surface area contributed by atoms with Crippen LogP contribution in [0.5, 0.6) is 0 Å². The van der Waals surface area contributed by atoms with Crippen molar-refractivity contribution in [3.05, 3.63) is 83.4 Å². The molecule has 46 heavy (non-hydrogen) atoms. The monoisotopic (exact) mass is 653 g/mol. The number of benzene rings is 2. The normalized spacial score (nSPS) is 13.5. The van der Waals surface area contributed by atoms with Crippen molar-refractivity contribution >= 4 is 35.6 Å². The third-order valence-electron chi connectivity index (χ3n) is 6.87. The molecule has 0 aliphatic heterocycles. The molecule has 3 atom stereocenters. The molecule has 0 saturated heterocycles. The summed E-state index contributed by atoms with van der Waals surface area (Å²) >= 11 is 1.53. The highest BCUT2D eigenvalue weighted by Crippen LogP contribution is 2.29. The fourth-order valence-electron chi connectivity index (χ4n) is 4.96. The zero-order valence-electron chi connectivity index (χ0n) is 28.8. The number of alkyl carbamates (subject to hydrolysis) is 1. The molecule has 3 unspecified atom stereocenters. The van der Waals surface area contributed by atoms with Crippen molar-refractivity contribution in [2.45, 2.75) is 97.6 Å². The Balaban J connectivity index is 2.64. The van der Waals surface area contributed by atoms with E-state index in [1.807, 2.05) is 68.6 Å². The van der Waals surface area contributed by atoms with Gasteiger partial charge in [0.1, 0.15) is 29.3 Å². The molecular formula is C36H51N3O6S. The van der Waals surface area contributed by atoms with Crippen LogP contribution in [0.1, 0.15) is 76.3 Å². The zero-order chi connectivity index (χ0) is 34.7. The Morgan fingerprint density at radius 2 is 1.46 bits per heavy atom. The summed E-state index contributed by atoms with van der Waals surface area (Å²) in [6, 6.07) is 11.8. The van der Waals surface area contributed by atoms with Crippen molar-refractivity contribution in [1.29, 1.82) is 0 Å². The van der Waals surface area contributed by atoms with Crippen LogP contribution in [0.25, 0.3) is 0 Å². The van der Waals surface area contributed by atoms with Gasteiger partial charge < -0.3 is 25.0 Å². The number of esters is 1. The number of ether oxygens (including phenoxy) is 2. The van der Waals surface area contributed by atoms with Crippen LogP contribution in [0.3, 0.4) is 0 Å². The van der Waals surface area contributed by atoms with Crippen molar-refractivity contribution in [1.82, 2.24) is 15.5 Å². The van der Waals surface area contributed by atoms with Gasteiger partial charge in [0.2, 0.25) is 11.8 Å². The lowest BCUT2D eigenvalue weighted by molar-refractivity contribution is -0.159. The van der Waals surface area contributed by atoms with Crippen molar-refractivity contribution in [2.75, 3.05) is 18.6 Å². The van der Waals surface area contributed by atoms with Gasteiger partial charge in [0.25, 0.3) is 0 Å². The van der Waals surface area contributed by atoms with Gasteiger partial charge >= 0.3 is 12.1 Å². The van der Waals surface area contributed by atoms with Crippen LogP contribution in [0, 0.1) is 13.8 Å². The first-order valence-electron chi connectivity index (χ1n) is 15.5. The van der Waals surface area contributed by atoms with E-state index in [0.29, 0.717) is 17.7 Å². The average Bonchev–Trinajstić information content (AvgIpc) is 2.94. The number of hydrogen-bond donors (Lipinski definition) is 2. The minimum absolute atomic E-state index is 0.00620. The minimum atomic E-state index is -1.15. The predicted molar refractivity (Wildman–Crippen MR) is 185 cm³/mol. The molecule has 0 radical (unpaired) electrons. The molecule has 0 fully saturated rings. The minimum Gasteiger partial charge on any atom is -0.458 e. The standard InChI is InChI=1S/C36H51N3O6S/c1-11-21-39(32(41)27(20-22-46-10)38-34(43)45-36(7,8)9)30(29-24(2)16-15-17-25(29)3)31(40)37-28(33(42)44-35(4,5)6)23-26-18-13-12-14-19-26/h11-19,27-28,30H,1,20-23H2,2-10H3,(H,37,40)(H,38,43). The number of nitrogens with zero attached hydrogens (tertiary/aromatic N) is 1. The average molecular weight is 654 g/mol. The number of rotatable bonds is 14. The van der Waals surface area contributed by atoms with Crippen molar-refractivity contribution < 1.29 is 28.7 Å². The molecule has 10 heteroatoms. The van der Waals surface area contributed by atoms with E-state index in [2.05, 4.69) is 17.2 Å². The van der Waals surface area contributed by atoms with Gasteiger partial charge in [-0.1, -0.05) is 54.6 Å². The molecule has 0 aliphatic rings. The quantitative estimate of drug-likeness (QED) is 0.188. The van der Waals surface area contributed by atoms with E-state index >= 15 is 0 Å². The van der Waals surface area contributed by atoms with Crippen LogP contribution in [0.2, 0.25) is 0 Å². The van der Waals surface area contributed by atoms with E-state index in [-0.39, 0.29) is 13.0 Å². The molecule has 0 spiro atoms. The molecule has 2 aromatic carbocycles. The van der Waals surface area contributed by atoms with Gasteiger partial charge in [-0.05, 0) is 96.1 Å². The highest BCUT2D eigenvalue weighted by molar-refractivity contribution is 7.98. The number of hydrogen-bond acceptors (Lipinski definition) is 7. The first kappa shape index (κ1) is 38.4. The van der Waals surface area contributed by atoms with Crippen LogP contribution in [0.4, 0.5) is 4.79 Å². The first-order chi connectivity index (χ1) is 21.5. The summed E-state index contributed by atoms with van der Waals surface area (Å²) in [4.78, 5) is 56.7. The van der Waals surface area contributed by atoms with Crippen molar-refractivity contribution in [3.63, 3.8) is 0 Å². The van der Waals surface area contributed by atoms with E-state index in [1.165, 1.54) is 16.7 Å². The van der Waals surface area contributed by atoms with Gasteiger partial charge in [0.15, 0.2) is 0 Å². The van der Waals surface area contributed by atoms with Crippen molar-refractivity contribution in [2.24, 2.45) is 0 Å². The SMILES string of the molecule is C=CCN(C(=O)C(CCSC)NC(=O)OC(C)(C)C)C(C(=O)NC(Cc1ccccc1)C(=O)OC(C)(C)C)c1c(C)cccc1C. The molecule has 3 amide bonds. The van der Waals surface area contributed by atoms with Crippen LogP contribution in [0.15, 0.2) is 61.2 Å². The number of thioether (sulfide) groups is 1. The van der Waals surface area contributed by atoms with Crippen LogP contribution >= 0.6 is 11.8 Å². The van der Waals surface area contributed by atoms with Gasteiger partial charge in [0.05, 0.1) is 0 Å². The van der Waals surface area contributed by atoms with Gasteiger partial charge in [-0.2, -0.15) is 11.8 Å². The highest BCUT2D eigenvalue weighted by atomic mass is 32.2. The third-order valence-corrected chi connectivity index (χ3v) is 7.52. The topological polar surface area (TPSA) is 114 Å². The smallest absolute Gasteiger partial charge is 0.408 e. The second-order valence-corrected chi connectivity index (χ2v) is 14.2. The summed E-state index contributed by atoms with van der Waals surface area (Å²) in [5, 5.41) is 5.66. The maximum atomic E-state index is 14.5. The van der Waals surface area contributed by atoms with Crippen LogP contribution in [-0.4, -0.2) is 70.6 Å². The number of carbonyl (C=O) groups excluding carboxylic acids is 4. The highest BCUT2D eigenvalue weighted by Gasteiger charge is 2.39. The Bertz CT molecular complexity index is 1330.